The van der Waals surface area contributed by atoms with Crippen LogP contribution < -0.4 is 0 Å². The molecular formula is C13H25N. The van der Waals surface area contributed by atoms with Gasteiger partial charge < -0.3 is 0 Å². The van der Waals surface area contributed by atoms with E-state index in [1.165, 1.54) is 25.7 Å². The number of nitrogens with zero attached hydrogens (tertiary/aromatic N) is 1. The first-order valence-corrected chi connectivity index (χ1v) is 5.75. The fourth-order valence-corrected chi connectivity index (χ4v) is 1.79. The van der Waals surface area contributed by atoms with Crippen LogP contribution in [0.15, 0.2) is 25.3 Å². The van der Waals surface area contributed by atoms with Crippen molar-refractivity contribution in [2.75, 3.05) is 13.1 Å². The summed E-state index contributed by atoms with van der Waals surface area (Å²) in [6, 6.07) is 0.700. The SMILES string of the molecule is C=CCN(CC=C)C(CC)CCCC. The van der Waals surface area contributed by atoms with Crippen LogP contribution >= 0.6 is 0 Å². The van der Waals surface area contributed by atoms with Crippen LogP contribution in [0.3, 0.4) is 0 Å². The minimum Gasteiger partial charge on any atom is -0.293 e. The fraction of sp³-hybridized carbons (Fsp3) is 0.692. The topological polar surface area (TPSA) is 3.24 Å². The molecule has 1 atom stereocenters. The first kappa shape index (κ1) is 13.4. The average molecular weight is 195 g/mol. The van der Waals surface area contributed by atoms with E-state index in [-0.39, 0.29) is 0 Å². The highest BCUT2D eigenvalue weighted by Crippen LogP contribution is 2.12. The summed E-state index contributed by atoms with van der Waals surface area (Å²) in [5, 5.41) is 0. The molecule has 0 heterocycles. The van der Waals surface area contributed by atoms with Gasteiger partial charge in [0.05, 0.1) is 0 Å². The second kappa shape index (κ2) is 9.01. The Balaban J connectivity index is 4.08. The molecule has 0 bridgehead atoms. The zero-order valence-corrected chi connectivity index (χ0v) is 9.84. The second-order valence-corrected chi connectivity index (χ2v) is 3.74. The van der Waals surface area contributed by atoms with Crippen molar-refractivity contribution in [2.24, 2.45) is 0 Å². The Kier molecular flexibility index (Phi) is 8.65. The minimum absolute atomic E-state index is 0.700. The third kappa shape index (κ3) is 5.23. The van der Waals surface area contributed by atoms with Gasteiger partial charge in [0.1, 0.15) is 0 Å². The summed E-state index contributed by atoms with van der Waals surface area (Å²) in [5.74, 6) is 0. The minimum atomic E-state index is 0.700. The lowest BCUT2D eigenvalue weighted by molar-refractivity contribution is 0.218. The van der Waals surface area contributed by atoms with Crippen LogP contribution in [0, 0.1) is 0 Å². The van der Waals surface area contributed by atoms with Crippen LogP contribution in [0.4, 0.5) is 0 Å². The van der Waals surface area contributed by atoms with Gasteiger partial charge in [-0.25, -0.2) is 0 Å². The molecule has 0 aromatic rings. The summed E-state index contributed by atoms with van der Waals surface area (Å²) in [4.78, 5) is 2.45. The Morgan fingerprint density at radius 3 is 2.07 bits per heavy atom. The largest absolute Gasteiger partial charge is 0.293 e. The molecule has 0 aliphatic carbocycles. The molecule has 0 aromatic heterocycles. The molecule has 0 amide bonds. The molecule has 1 unspecified atom stereocenters. The Morgan fingerprint density at radius 2 is 1.71 bits per heavy atom. The van der Waals surface area contributed by atoms with E-state index in [1.807, 2.05) is 12.2 Å². The summed E-state index contributed by atoms with van der Waals surface area (Å²) in [7, 11) is 0. The fourth-order valence-electron chi connectivity index (χ4n) is 1.79. The number of unbranched alkanes of at least 4 members (excludes halogenated alkanes) is 1. The van der Waals surface area contributed by atoms with Crippen LogP contribution in [-0.2, 0) is 0 Å². The summed E-state index contributed by atoms with van der Waals surface area (Å²) in [6.45, 7) is 14.1. The zero-order valence-electron chi connectivity index (χ0n) is 9.84. The first-order chi connectivity index (χ1) is 6.79. The molecule has 0 rings (SSSR count). The Bertz CT molecular complexity index is 141. The second-order valence-electron chi connectivity index (χ2n) is 3.74. The van der Waals surface area contributed by atoms with Crippen molar-refractivity contribution in [2.45, 2.75) is 45.6 Å². The van der Waals surface area contributed by atoms with Gasteiger partial charge in [-0.05, 0) is 12.8 Å². The van der Waals surface area contributed by atoms with Crippen molar-refractivity contribution in [3.8, 4) is 0 Å². The molecule has 0 aromatic carbocycles. The van der Waals surface area contributed by atoms with Crippen LogP contribution in [0.1, 0.15) is 39.5 Å². The van der Waals surface area contributed by atoms with Crippen LogP contribution in [0.2, 0.25) is 0 Å². The van der Waals surface area contributed by atoms with E-state index in [0.29, 0.717) is 6.04 Å². The molecule has 0 aliphatic rings. The molecule has 0 radical (unpaired) electrons. The average Bonchev–Trinajstić information content (AvgIpc) is 2.19. The van der Waals surface area contributed by atoms with E-state index < -0.39 is 0 Å². The van der Waals surface area contributed by atoms with Crippen LogP contribution in [0.25, 0.3) is 0 Å². The van der Waals surface area contributed by atoms with Gasteiger partial charge in [-0.3, -0.25) is 4.90 Å². The summed E-state index contributed by atoms with van der Waals surface area (Å²) >= 11 is 0. The third-order valence-electron chi connectivity index (χ3n) is 2.61. The van der Waals surface area contributed by atoms with E-state index in [2.05, 4.69) is 31.9 Å². The normalized spacial score (nSPS) is 12.8. The molecule has 1 heteroatoms. The molecule has 1 nitrogen and oxygen atoms in total. The van der Waals surface area contributed by atoms with Gasteiger partial charge in [0.25, 0.3) is 0 Å². The quantitative estimate of drug-likeness (QED) is 0.508. The molecule has 0 N–H and O–H groups in total. The predicted molar refractivity (Wildman–Crippen MR) is 65.6 cm³/mol. The van der Waals surface area contributed by atoms with Crippen molar-refractivity contribution in [3.63, 3.8) is 0 Å². The Hall–Kier alpha value is -0.560. The predicted octanol–water partition coefficient (Wildman–Crippen LogP) is 3.63. The lowest BCUT2D eigenvalue weighted by atomic mass is 10.1. The van der Waals surface area contributed by atoms with Crippen LogP contribution in [0.5, 0.6) is 0 Å². The van der Waals surface area contributed by atoms with Crippen molar-refractivity contribution in [1.29, 1.82) is 0 Å². The van der Waals surface area contributed by atoms with Gasteiger partial charge in [-0.2, -0.15) is 0 Å². The summed E-state index contributed by atoms with van der Waals surface area (Å²) in [6.07, 6.45) is 9.10. The summed E-state index contributed by atoms with van der Waals surface area (Å²) < 4.78 is 0. The maximum absolute atomic E-state index is 3.80. The van der Waals surface area contributed by atoms with Crippen LogP contribution in [-0.4, -0.2) is 24.0 Å². The van der Waals surface area contributed by atoms with E-state index in [4.69, 9.17) is 0 Å². The monoisotopic (exact) mass is 195 g/mol. The molecule has 0 spiro atoms. The number of hydrogen-bond acceptors (Lipinski definition) is 1. The van der Waals surface area contributed by atoms with Crippen molar-refractivity contribution in [1.82, 2.24) is 4.90 Å². The van der Waals surface area contributed by atoms with E-state index in [0.717, 1.165) is 13.1 Å². The van der Waals surface area contributed by atoms with Crippen molar-refractivity contribution < 1.29 is 0 Å². The lowest BCUT2D eigenvalue weighted by Gasteiger charge is -2.29. The Labute approximate surface area is 89.5 Å². The molecule has 0 fully saturated rings. The first-order valence-electron chi connectivity index (χ1n) is 5.75. The molecular weight excluding hydrogens is 170 g/mol. The maximum atomic E-state index is 3.80. The summed E-state index contributed by atoms with van der Waals surface area (Å²) in [5.41, 5.74) is 0. The number of hydrogen-bond donors (Lipinski definition) is 0. The molecule has 0 saturated heterocycles. The maximum Gasteiger partial charge on any atom is 0.0166 e. The van der Waals surface area contributed by atoms with Gasteiger partial charge in [-0.15, -0.1) is 13.2 Å². The van der Waals surface area contributed by atoms with Gasteiger partial charge in [0, 0.05) is 19.1 Å². The van der Waals surface area contributed by atoms with Gasteiger partial charge >= 0.3 is 0 Å². The van der Waals surface area contributed by atoms with E-state index in [9.17, 15) is 0 Å². The highest BCUT2D eigenvalue weighted by molar-refractivity contribution is 4.84. The number of rotatable bonds is 9. The molecule has 14 heavy (non-hydrogen) atoms. The standard InChI is InChI=1S/C13H25N/c1-5-9-10-13(8-4)14(11-6-2)12-7-3/h6-7,13H,2-3,5,8-12H2,1,4H3. The Morgan fingerprint density at radius 1 is 1.14 bits per heavy atom. The highest BCUT2D eigenvalue weighted by Gasteiger charge is 2.12. The molecule has 0 aliphatic heterocycles. The smallest absolute Gasteiger partial charge is 0.0166 e. The molecule has 82 valence electrons. The zero-order chi connectivity index (χ0) is 10.8. The third-order valence-corrected chi connectivity index (χ3v) is 2.61. The molecule has 0 saturated carbocycles. The highest BCUT2D eigenvalue weighted by atomic mass is 15.1. The van der Waals surface area contributed by atoms with Crippen molar-refractivity contribution >= 4 is 0 Å². The van der Waals surface area contributed by atoms with E-state index in [1.54, 1.807) is 0 Å². The van der Waals surface area contributed by atoms with Gasteiger partial charge in [0.2, 0.25) is 0 Å². The lowest BCUT2D eigenvalue weighted by Crippen LogP contribution is -2.35. The van der Waals surface area contributed by atoms with E-state index >= 15 is 0 Å². The van der Waals surface area contributed by atoms with Crippen molar-refractivity contribution in [3.05, 3.63) is 25.3 Å². The van der Waals surface area contributed by atoms with Gasteiger partial charge in [-0.1, -0.05) is 38.8 Å². The van der Waals surface area contributed by atoms with Gasteiger partial charge in [0.15, 0.2) is 0 Å².